The Morgan fingerprint density at radius 1 is 1.20 bits per heavy atom. The van der Waals surface area contributed by atoms with Crippen LogP contribution in [0.5, 0.6) is 5.75 Å². The Hall–Kier alpha value is -2.89. The molecule has 0 aliphatic heterocycles. The summed E-state index contributed by atoms with van der Waals surface area (Å²) >= 11 is 0. The molecule has 0 aliphatic carbocycles. The van der Waals surface area contributed by atoms with Crippen molar-refractivity contribution in [3.05, 3.63) is 69.3 Å². The molecule has 0 aliphatic rings. The van der Waals surface area contributed by atoms with E-state index in [1.807, 2.05) is 39.0 Å². The molecular formula is C19H21NO5. The van der Waals surface area contributed by atoms with Crippen LogP contribution in [0, 0.1) is 17.0 Å². The molecule has 6 heteroatoms. The molecule has 6 nitrogen and oxygen atoms in total. The summed E-state index contributed by atoms with van der Waals surface area (Å²) in [6.45, 7) is 5.63. The third-order valence-corrected chi connectivity index (χ3v) is 3.71. The summed E-state index contributed by atoms with van der Waals surface area (Å²) in [7, 11) is 0. The molecule has 0 unspecified atom stereocenters. The number of rotatable bonds is 7. The maximum absolute atomic E-state index is 11.9. The van der Waals surface area contributed by atoms with Gasteiger partial charge in [-0.05, 0) is 36.1 Å². The van der Waals surface area contributed by atoms with Gasteiger partial charge in [-0.25, -0.2) is 4.79 Å². The lowest BCUT2D eigenvalue weighted by atomic mass is 10.0. The molecule has 2 aromatic carbocycles. The number of ether oxygens (including phenoxy) is 2. The van der Waals surface area contributed by atoms with E-state index in [1.54, 1.807) is 18.2 Å². The number of hydrogen-bond acceptors (Lipinski definition) is 5. The number of nitro groups is 1. The van der Waals surface area contributed by atoms with E-state index in [0.717, 1.165) is 11.1 Å². The Kier molecular flexibility index (Phi) is 6.11. The second kappa shape index (κ2) is 8.28. The van der Waals surface area contributed by atoms with Gasteiger partial charge in [0.25, 0.3) is 5.69 Å². The number of para-hydroxylation sites is 1. The highest BCUT2D eigenvalue weighted by molar-refractivity contribution is 5.71. The molecule has 25 heavy (non-hydrogen) atoms. The van der Waals surface area contributed by atoms with Crippen molar-refractivity contribution >= 4 is 11.7 Å². The number of aryl methyl sites for hydroxylation is 1. The van der Waals surface area contributed by atoms with Crippen molar-refractivity contribution in [3.8, 4) is 5.75 Å². The molecule has 0 aromatic heterocycles. The first-order valence-corrected chi connectivity index (χ1v) is 7.99. The number of hydrogen-bond donors (Lipinski definition) is 0. The maximum Gasteiger partial charge on any atom is 0.344 e. The van der Waals surface area contributed by atoms with Crippen LogP contribution in [-0.2, 0) is 16.1 Å². The Bertz CT molecular complexity index is 770. The fourth-order valence-electron chi connectivity index (χ4n) is 2.39. The van der Waals surface area contributed by atoms with Crippen molar-refractivity contribution in [1.29, 1.82) is 0 Å². The van der Waals surface area contributed by atoms with Crippen LogP contribution in [0.25, 0.3) is 0 Å². The maximum atomic E-state index is 11.9. The molecule has 132 valence electrons. The highest BCUT2D eigenvalue weighted by atomic mass is 16.6. The van der Waals surface area contributed by atoms with Crippen LogP contribution in [0.4, 0.5) is 5.69 Å². The van der Waals surface area contributed by atoms with Gasteiger partial charge in [0.2, 0.25) is 0 Å². The highest BCUT2D eigenvalue weighted by Gasteiger charge is 2.15. The normalized spacial score (nSPS) is 10.6. The Morgan fingerprint density at radius 2 is 1.92 bits per heavy atom. The fourth-order valence-corrected chi connectivity index (χ4v) is 2.39. The number of carbonyl (C=O) groups is 1. The van der Waals surface area contributed by atoms with Crippen LogP contribution in [0.1, 0.15) is 36.5 Å². The summed E-state index contributed by atoms with van der Waals surface area (Å²) in [6.07, 6.45) is 0. The molecule has 0 saturated heterocycles. The lowest BCUT2D eigenvalue weighted by molar-refractivity contribution is -0.385. The van der Waals surface area contributed by atoms with Gasteiger partial charge < -0.3 is 9.47 Å². The Morgan fingerprint density at radius 3 is 2.60 bits per heavy atom. The van der Waals surface area contributed by atoms with E-state index in [2.05, 4.69) is 0 Å². The van der Waals surface area contributed by atoms with Gasteiger partial charge in [0.15, 0.2) is 6.61 Å². The highest BCUT2D eigenvalue weighted by Crippen LogP contribution is 2.27. The van der Waals surface area contributed by atoms with Crippen molar-refractivity contribution in [2.24, 2.45) is 0 Å². The molecule has 0 radical (unpaired) electrons. The Balaban J connectivity index is 1.96. The average molecular weight is 343 g/mol. The minimum Gasteiger partial charge on any atom is -0.482 e. The second-order valence-electron chi connectivity index (χ2n) is 6.03. The third kappa shape index (κ3) is 5.04. The first kappa shape index (κ1) is 18.4. The van der Waals surface area contributed by atoms with Crippen LogP contribution in [0.2, 0.25) is 0 Å². The zero-order valence-electron chi connectivity index (χ0n) is 14.5. The minimum absolute atomic E-state index is 0.0722. The SMILES string of the molecule is Cc1ccc(C(C)C)c(OCC(=O)OCc2ccccc2[N+](=O)[O-])c1. The molecule has 0 amide bonds. The molecule has 0 N–H and O–H groups in total. The number of nitro benzene ring substituents is 1. The van der Waals surface area contributed by atoms with Crippen LogP contribution < -0.4 is 4.74 Å². The van der Waals surface area contributed by atoms with Crippen LogP contribution in [0.15, 0.2) is 42.5 Å². The first-order chi connectivity index (χ1) is 11.9. The van der Waals surface area contributed by atoms with Crippen LogP contribution in [0.3, 0.4) is 0 Å². The van der Waals surface area contributed by atoms with E-state index in [-0.39, 0.29) is 24.8 Å². The van der Waals surface area contributed by atoms with Gasteiger partial charge in [0.05, 0.1) is 10.5 Å². The smallest absolute Gasteiger partial charge is 0.344 e. The van der Waals surface area contributed by atoms with Gasteiger partial charge in [0.1, 0.15) is 12.4 Å². The summed E-state index contributed by atoms with van der Waals surface area (Å²) < 4.78 is 10.7. The number of benzene rings is 2. The van der Waals surface area contributed by atoms with E-state index in [1.165, 1.54) is 6.07 Å². The van der Waals surface area contributed by atoms with E-state index in [9.17, 15) is 14.9 Å². The van der Waals surface area contributed by atoms with Gasteiger partial charge in [-0.1, -0.05) is 38.1 Å². The summed E-state index contributed by atoms with van der Waals surface area (Å²) in [5, 5.41) is 11.0. The van der Waals surface area contributed by atoms with Gasteiger partial charge in [0, 0.05) is 6.07 Å². The average Bonchev–Trinajstić information content (AvgIpc) is 2.58. The minimum atomic E-state index is -0.575. The van der Waals surface area contributed by atoms with E-state index in [4.69, 9.17) is 9.47 Å². The lowest BCUT2D eigenvalue weighted by Crippen LogP contribution is -2.16. The number of nitrogens with zero attached hydrogens (tertiary/aromatic N) is 1. The van der Waals surface area contributed by atoms with Crippen molar-refractivity contribution < 1.29 is 19.2 Å². The number of esters is 1. The van der Waals surface area contributed by atoms with Crippen molar-refractivity contribution in [2.75, 3.05) is 6.61 Å². The molecule has 0 heterocycles. The molecule has 0 fully saturated rings. The predicted molar refractivity (Wildman–Crippen MR) is 93.7 cm³/mol. The van der Waals surface area contributed by atoms with Gasteiger partial charge >= 0.3 is 5.97 Å². The monoisotopic (exact) mass is 343 g/mol. The topological polar surface area (TPSA) is 78.7 Å². The summed E-state index contributed by atoms with van der Waals surface area (Å²) in [6, 6.07) is 12.0. The lowest BCUT2D eigenvalue weighted by Gasteiger charge is -2.14. The van der Waals surface area contributed by atoms with E-state index in [0.29, 0.717) is 11.3 Å². The third-order valence-electron chi connectivity index (χ3n) is 3.71. The summed E-state index contributed by atoms with van der Waals surface area (Å²) in [4.78, 5) is 22.4. The van der Waals surface area contributed by atoms with Gasteiger partial charge in [-0.2, -0.15) is 0 Å². The second-order valence-corrected chi connectivity index (χ2v) is 6.03. The van der Waals surface area contributed by atoms with Gasteiger partial charge in [-0.15, -0.1) is 0 Å². The molecule has 2 aromatic rings. The zero-order valence-corrected chi connectivity index (χ0v) is 14.5. The largest absolute Gasteiger partial charge is 0.482 e. The predicted octanol–water partition coefficient (Wildman–Crippen LogP) is 4.15. The molecule has 0 saturated carbocycles. The van der Waals surface area contributed by atoms with Crippen molar-refractivity contribution in [3.63, 3.8) is 0 Å². The molecule has 0 atom stereocenters. The zero-order chi connectivity index (χ0) is 18.4. The quantitative estimate of drug-likeness (QED) is 0.429. The Labute approximate surface area is 146 Å². The summed E-state index contributed by atoms with van der Waals surface area (Å²) in [5.41, 5.74) is 2.32. The van der Waals surface area contributed by atoms with E-state index < -0.39 is 10.9 Å². The van der Waals surface area contributed by atoms with Crippen LogP contribution in [-0.4, -0.2) is 17.5 Å². The van der Waals surface area contributed by atoms with Crippen molar-refractivity contribution in [2.45, 2.75) is 33.3 Å². The standard InChI is InChI=1S/C19H21NO5/c1-13(2)16-9-8-14(3)10-18(16)24-12-19(21)25-11-15-6-4-5-7-17(15)20(22)23/h4-10,13H,11-12H2,1-3H3. The van der Waals surface area contributed by atoms with Crippen molar-refractivity contribution in [1.82, 2.24) is 0 Å². The number of carbonyl (C=O) groups excluding carboxylic acids is 1. The first-order valence-electron chi connectivity index (χ1n) is 7.99. The molecule has 0 bridgehead atoms. The fraction of sp³-hybridized carbons (Fsp3) is 0.316. The molecule has 0 spiro atoms. The molecular weight excluding hydrogens is 322 g/mol. The van der Waals surface area contributed by atoms with Crippen LogP contribution >= 0.6 is 0 Å². The van der Waals surface area contributed by atoms with E-state index >= 15 is 0 Å². The summed E-state index contributed by atoms with van der Waals surface area (Å²) in [5.74, 6) is 0.339. The molecule has 2 rings (SSSR count). The van der Waals surface area contributed by atoms with Gasteiger partial charge in [-0.3, -0.25) is 10.1 Å².